The van der Waals surface area contributed by atoms with Gasteiger partial charge in [-0.2, -0.15) is 0 Å². The maximum absolute atomic E-state index is 3.61. The molecule has 6 rings (SSSR count). The van der Waals surface area contributed by atoms with Crippen LogP contribution < -0.4 is 0 Å². The van der Waals surface area contributed by atoms with E-state index in [-0.39, 0.29) is 0 Å². The molecule has 0 aliphatic heterocycles. The Hall–Kier alpha value is -3.62. The van der Waals surface area contributed by atoms with E-state index in [1.165, 1.54) is 49.7 Å². The number of rotatable bonds is 3. The van der Waals surface area contributed by atoms with Crippen molar-refractivity contribution < 1.29 is 0 Å². The molecule has 0 N–H and O–H groups in total. The zero-order valence-corrected chi connectivity index (χ0v) is 19.0. The van der Waals surface area contributed by atoms with Gasteiger partial charge >= 0.3 is 0 Å². The Morgan fingerprint density at radius 3 is 1.94 bits per heavy atom. The van der Waals surface area contributed by atoms with Crippen molar-refractivity contribution in [3.05, 3.63) is 126 Å². The maximum Gasteiger partial charge on any atom is 0.0547 e. The van der Waals surface area contributed by atoms with Gasteiger partial charge in [-0.25, -0.2) is 0 Å². The van der Waals surface area contributed by atoms with Crippen molar-refractivity contribution in [1.82, 2.24) is 4.57 Å². The lowest BCUT2D eigenvalue weighted by Crippen LogP contribution is -1.94. The van der Waals surface area contributed by atoms with E-state index in [9.17, 15) is 0 Å². The Morgan fingerprint density at radius 1 is 0.438 bits per heavy atom. The highest BCUT2D eigenvalue weighted by atomic mass is 79.9. The predicted molar refractivity (Wildman–Crippen MR) is 139 cm³/mol. The van der Waals surface area contributed by atoms with Gasteiger partial charge in [0, 0.05) is 20.9 Å². The number of hydrogen-bond donors (Lipinski definition) is 0. The van der Waals surface area contributed by atoms with Crippen molar-refractivity contribution in [2.75, 3.05) is 0 Å². The number of aromatic nitrogens is 1. The molecule has 0 radical (unpaired) electrons. The Kier molecular flexibility index (Phi) is 4.66. The van der Waals surface area contributed by atoms with E-state index in [2.05, 4.69) is 142 Å². The van der Waals surface area contributed by atoms with Crippen molar-refractivity contribution in [2.24, 2.45) is 0 Å². The molecule has 1 nitrogen and oxygen atoms in total. The van der Waals surface area contributed by atoms with Crippen LogP contribution in [-0.2, 0) is 0 Å². The van der Waals surface area contributed by atoms with Crippen LogP contribution in [0.25, 0.3) is 49.7 Å². The second kappa shape index (κ2) is 7.81. The molecule has 0 saturated carbocycles. The van der Waals surface area contributed by atoms with Crippen LogP contribution in [-0.4, -0.2) is 4.57 Å². The van der Waals surface area contributed by atoms with Crippen LogP contribution in [0.3, 0.4) is 0 Å². The molecule has 0 bridgehead atoms. The third-order valence-corrected chi connectivity index (χ3v) is 6.54. The van der Waals surface area contributed by atoms with Gasteiger partial charge in [0.05, 0.1) is 11.0 Å². The second-order valence-electron chi connectivity index (χ2n) is 8.01. The van der Waals surface area contributed by atoms with Crippen LogP contribution in [0.4, 0.5) is 0 Å². The minimum Gasteiger partial charge on any atom is -0.309 e. The molecular formula is C30H20BrN. The highest BCUT2D eigenvalue weighted by Crippen LogP contribution is 2.36. The molecule has 0 aliphatic rings. The first-order valence-electron chi connectivity index (χ1n) is 10.7. The summed E-state index contributed by atoms with van der Waals surface area (Å²) in [5.41, 5.74) is 8.47. The van der Waals surface area contributed by atoms with Crippen LogP contribution in [0.5, 0.6) is 0 Å². The second-order valence-corrected chi connectivity index (χ2v) is 8.93. The molecule has 6 aromatic rings. The highest BCUT2D eigenvalue weighted by molar-refractivity contribution is 9.10. The van der Waals surface area contributed by atoms with Crippen LogP contribution in [0.1, 0.15) is 0 Å². The van der Waals surface area contributed by atoms with E-state index in [0.717, 1.165) is 4.47 Å². The lowest BCUT2D eigenvalue weighted by Gasteiger charge is -2.11. The molecule has 0 spiro atoms. The fourth-order valence-corrected chi connectivity index (χ4v) is 4.95. The molecule has 0 aliphatic carbocycles. The third kappa shape index (κ3) is 3.24. The molecule has 0 fully saturated rings. The summed E-state index contributed by atoms with van der Waals surface area (Å²) in [5.74, 6) is 0. The first-order chi connectivity index (χ1) is 15.8. The summed E-state index contributed by atoms with van der Waals surface area (Å²) in [5, 5.41) is 2.54. The molecule has 5 aromatic carbocycles. The van der Waals surface area contributed by atoms with Gasteiger partial charge in [-0.05, 0) is 58.7 Å². The summed E-state index contributed by atoms with van der Waals surface area (Å²) in [6.45, 7) is 0. The quantitative estimate of drug-likeness (QED) is 0.241. The fourth-order valence-electron chi connectivity index (χ4n) is 4.55. The largest absolute Gasteiger partial charge is 0.309 e. The summed E-state index contributed by atoms with van der Waals surface area (Å²) in [6, 6.07) is 43.3. The summed E-state index contributed by atoms with van der Waals surface area (Å²) < 4.78 is 3.48. The van der Waals surface area contributed by atoms with Crippen LogP contribution in [0, 0.1) is 0 Å². The number of benzene rings is 5. The van der Waals surface area contributed by atoms with Crippen molar-refractivity contribution >= 4 is 37.7 Å². The van der Waals surface area contributed by atoms with Crippen LogP contribution >= 0.6 is 15.9 Å². The fraction of sp³-hybridized carbons (Fsp3) is 0. The molecular weight excluding hydrogens is 454 g/mol. The van der Waals surface area contributed by atoms with Gasteiger partial charge in [0.15, 0.2) is 0 Å². The molecule has 32 heavy (non-hydrogen) atoms. The van der Waals surface area contributed by atoms with Gasteiger partial charge in [0.1, 0.15) is 0 Å². The maximum atomic E-state index is 3.61. The van der Waals surface area contributed by atoms with Gasteiger partial charge in [0.2, 0.25) is 0 Å². The Morgan fingerprint density at radius 2 is 1.09 bits per heavy atom. The predicted octanol–water partition coefficient (Wildman–Crippen LogP) is 8.88. The topological polar surface area (TPSA) is 4.93 Å². The molecule has 1 heterocycles. The summed E-state index contributed by atoms with van der Waals surface area (Å²) in [7, 11) is 0. The third-order valence-electron chi connectivity index (χ3n) is 6.04. The van der Waals surface area contributed by atoms with E-state index >= 15 is 0 Å². The van der Waals surface area contributed by atoms with Gasteiger partial charge in [-0.1, -0.05) is 101 Å². The summed E-state index contributed by atoms with van der Waals surface area (Å²) in [4.78, 5) is 0. The summed E-state index contributed by atoms with van der Waals surface area (Å²) >= 11 is 3.61. The minimum atomic E-state index is 1.09. The minimum absolute atomic E-state index is 1.09. The van der Waals surface area contributed by atoms with Gasteiger partial charge in [-0.3, -0.25) is 0 Å². The van der Waals surface area contributed by atoms with Crippen molar-refractivity contribution in [3.8, 4) is 27.9 Å². The Labute approximate surface area is 195 Å². The van der Waals surface area contributed by atoms with Crippen molar-refractivity contribution in [1.29, 1.82) is 0 Å². The number of hydrogen-bond acceptors (Lipinski definition) is 0. The first kappa shape index (κ1) is 19.1. The molecule has 0 amide bonds. The van der Waals surface area contributed by atoms with Gasteiger partial charge in [-0.15, -0.1) is 0 Å². The molecule has 2 heteroatoms. The monoisotopic (exact) mass is 473 g/mol. The smallest absolute Gasteiger partial charge is 0.0547 e. The molecule has 0 atom stereocenters. The van der Waals surface area contributed by atoms with E-state index in [1.807, 2.05) is 0 Å². The number of fused-ring (bicyclic) bond motifs is 3. The van der Waals surface area contributed by atoms with E-state index in [0.29, 0.717) is 0 Å². The molecule has 1 aromatic heterocycles. The zero-order valence-electron chi connectivity index (χ0n) is 17.4. The van der Waals surface area contributed by atoms with E-state index in [4.69, 9.17) is 0 Å². The lowest BCUT2D eigenvalue weighted by molar-refractivity contribution is 1.18. The van der Waals surface area contributed by atoms with Gasteiger partial charge in [0.25, 0.3) is 0 Å². The lowest BCUT2D eigenvalue weighted by atomic mass is 10.0. The number of nitrogens with zero attached hydrogens (tertiary/aromatic N) is 1. The molecule has 0 saturated heterocycles. The summed E-state index contributed by atoms with van der Waals surface area (Å²) in [6.07, 6.45) is 0. The first-order valence-corrected chi connectivity index (χ1v) is 11.5. The Balaban J connectivity index is 1.62. The number of halogens is 1. The zero-order chi connectivity index (χ0) is 21.5. The standard InChI is InChI=1S/C30H20BrN/c31-25-12-6-10-22(18-25)24-16-17-28-27-14-4-5-15-29(27)32(30(28)20-24)26-13-7-11-23(19-26)21-8-2-1-3-9-21/h1-20H. The highest BCUT2D eigenvalue weighted by Gasteiger charge is 2.13. The Bertz CT molecular complexity index is 1580. The number of para-hydroxylation sites is 1. The van der Waals surface area contributed by atoms with Crippen molar-refractivity contribution in [2.45, 2.75) is 0 Å². The van der Waals surface area contributed by atoms with Crippen molar-refractivity contribution in [3.63, 3.8) is 0 Å². The molecule has 0 unspecified atom stereocenters. The SMILES string of the molecule is Brc1cccc(-c2ccc3c4ccccc4n(-c4cccc(-c5ccccc5)c4)c3c2)c1. The van der Waals surface area contributed by atoms with E-state index in [1.54, 1.807) is 0 Å². The van der Waals surface area contributed by atoms with Gasteiger partial charge < -0.3 is 4.57 Å². The van der Waals surface area contributed by atoms with Crippen LogP contribution in [0.15, 0.2) is 126 Å². The van der Waals surface area contributed by atoms with E-state index < -0.39 is 0 Å². The normalized spacial score (nSPS) is 11.3. The average molecular weight is 474 g/mol. The molecule has 152 valence electrons. The van der Waals surface area contributed by atoms with Crippen LogP contribution in [0.2, 0.25) is 0 Å². The average Bonchev–Trinajstić information content (AvgIpc) is 3.18.